The van der Waals surface area contributed by atoms with Gasteiger partial charge < -0.3 is 4.90 Å². The fourth-order valence-corrected chi connectivity index (χ4v) is 2.54. The van der Waals surface area contributed by atoms with E-state index < -0.39 is 10.5 Å². The van der Waals surface area contributed by atoms with Gasteiger partial charge >= 0.3 is 0 Å². The predicted molar refractivity (Wildman–Crippen MR) is 61.0 cm³/mol. The van der Waals surface area contributed by atoms with Crippen LogP contribution in [0.2, 0.25) is 5.02 Å². The van der Waals surface area contributed by atoms with Crippen LogP contribution in [0.1, 0.15) is 0 Å². The first kappa shape index (κ1) is 11.0. The van der Waals surface area contributed by atoms with Crippen molar-refractivity contribution in [2.75, 3.05) is 10.8 Å². The Morgan fingerprint density at radius 3 is 2.80 bits per heavy atom. The molecule has 1 heterocycles. The topological polar surface area (TPSA) is 20.3 Å². The summed E-state index contributed by atoms with van der Waals surface area (Å²) in [5.41, 5.74) is 0.571. The van der Waals surface area contributed by atoms with E-state index >= 15 is 0 Å². The van der Waals surface area contributed by atoms with Crippen LogP contribution in [-0.4, -0.2) is 16.5 Å². The number of nitrogens with zero attached hydrogens (tertiary/aromatic N) is 1. The number of carbonyl (C=O) groups excluding carboxylic acids is 1. The number of halogens is 3. The first-order chi connectivity index (χ1) is 7.09. The highest BCUT2D eigenvalue weighted by molar-refractivity contribution is 8.02. The Bertz CT molecular complexity index is 415. The van der Waals surface area contributed by atoms with E-state index in [1.807, 2.05) is 0 Å². The Labute approximate surface area is 100 Å². The molecule has 6 heteroatoms. The van der Waals surface area contributed by atoms with Gasteiger partial charge in [0, 0.05) is 5.69 Å². The summed E-state index contributed by atoms with van der Waals surface area (Å²) in [7, 11) is 0. The second-order valence-electron chi connectivity index (χ2n) is 2.98. The van der Waals surface area contributed by atoms with E-state index in [0.29, 0.717) is 11.6 Å². The second-order valence-corrected chi connectivity index (χ2v) is 5.14. The normalized spacial score (nSPS) is 21.1. The van der Waals surface area contributed by atoms with Crippen LogP contribution in [0, 0.1) is 5.82 Å². The molecule has 0 N–H and O–H groups in total. The zero-order valence-corrected chi connectivity index (χ0v) is 9.74. The maximum atomic E-state index is 12.9. The van der Waals surface area contributed by atoms with Crippen molar-refractivity contribution in [1.82, 2.24) is 0 Å². The molecule has 0 aliphatic carbocycles. The van der Waals surface area contributed by atoms with E-state index in [-0.39, 0.29) is 10.9 Å². The van der Waals surface area contributed by atoms with Crippen molar-refractivity contribution in [3.8, 4) is 0 Å². The lowest BCUT2D eigenvalue weighted by molar-refractivity contribution is -0.116. The molecule has 0 bridgehead atoms. The third kappa shape index (κ3) is 2.07. The molecule has 2 rings (SSSR count). The molecule has 1 saturated heterocycles. The Balaban J connectivity index is 2.31. The molecule has 1 amide bonds. The molecule has 1 aliphatic heterocycles. The van der Waals surface area contributed by atoms with Crippen LogP contribution < -0.4 is 4.90 Å². The maximum Gasteiger partial charge on any atom is 0.256 e. The van der Waals surface area contributed by atoms with Crippen LogP contribution in [0.15, 0.2) is 18.2 Å². The van der Waals surface area contributed by atoms with Crippen molar-refractivity contribution in [2.45, 2.75) is 4.71 Å². The molecule has 1 fully saturated rings. The van der Waals surface area contributed by atoms with Gasteiger partial charge in [-0.15, -0.1) is 23.4 Å². The summed E-state index contributed by atoms with van der Waals surface area (Å²) >= 11 is 12.7. The van der Waals surface area contributed by atoms with Crippen LogP contribution in [-0.2, 0) is 4.79 Å². The molecule has 1 unspecified atom stereocenters. The minimum atomic E-state index is -0.561. The molecule has 1 atom stereocenters. The molecule has 80 valence electrons. The van der Waals surface area contributed by atoms with Crippen LogP contribution in [0.3, 0.4) is 0 Å². The molecule has 2 nitrogen and oxygen atoms in total. The summed E-state index contributed by atoms with van der Waals surface area (Å²) in [5, 5.41) is 0.00308. The third-order valence-corrected chi connectivity index (χ3v) is 3.78. The molecule has 15 heavy (non-hydrogen) atoms. The van der Waals surface area contributed by atoms with Gasteiger partial charge in [-0.1, -0.05) is 11.6 Å². The van der Waals surface area contributed by atoms with Gasteiger partial charge in [0.2, 0.25) is 0 Å². The fourth-order valence-electron chi connectivity index (χ4n) is 1.25. The highest BCUT2D eigenvalue weighted by atomic mass is 35.5. The molecule has 0 aromatic heterocycles. The van der Waals surface area contributed by atoms with Gasteiger partial charge in [0.25, 0.3) is 5.91 Å². The first-order valence-electron chi connectivity index (χ1n) is 4.11. The largest absolute Gasteiger partial charge is 0.301 e. The lowest BCUT2D eigenvalue weighted by Gasteiger charge is -2.15. The summed E-state index contributed by atoms with van der Waals surface area (Å²) in [6.07, 6.45) is 0. The molecule has 0 radical (unpaired) electrons. The fraction of sp³-hybridized carbons (Fsp3) is 0.222. The number of carbonyl (C=O) groups is 1. The lowest BCUT2D eigenvalue weighted by Crippen LogP contribution is -2.27. The minimum Gasteiger partial charge on any atom is -0.301 e. The van der Waals surface area contributed by atoms with Gasteiger partial charge in [-0.2, -0.15) is 0 Å². The van der Waals surface area contributed by atoms with Crippen molar-refractivity contribution in [2.24, 2.45) is 0 Å². The first-order valence-corrected chi connectivity index (χ1v) is 5.98. The van der Waals surface area contributed by atoms with E-state index in [1.165, 1.54) is 34.9 Å². The second kappa shape index (κ2) is 4.20. The highest BCUT2D eigenvalue weighted by Gasteiger charge is 2.31. The zero-order chi connectivity index (χ0) is 11.0. The number of anilines is 1. The molecule has 1 aromatic rings. The molecule has 0 spiro atoms. The minimum absolute atomic E-state index is 0.00308. The van der Waals surface area contributed by atoms with E-state index in [9.17, 15) is 9.18 Å². The van der Waals surface area contributed by atoms with Crippen molar-refractivity contribution >= 4 is 46.6 Å². The highest BCUT2D eigenvalue weighted by Crippen LogP contribution is 2.32. The van der Waals surface area contributed by atoms with Gasteiger partial charge in [0.15, 0.2) is 4.71 Å². The molecule has 0 saturated carbocycles. The standard InChI is InChI=1S/C9H6Cl2FNOS/c10-6-3-5(1-2-7(6)12)13-4-15-8(11)9(13)14/h1-3,8H,4H2. The van der Waals surface area contributed by atoms with Gasteiger partial charge in [0.05, 0.1) is 10.9 Å². The Hall–Kier alpha value is -0.450. The molecule has 1 aliphatic rings. The molecule has 1 aromatic carbocycles. The third-order valence-electron chi connectivity index (χ3n) is 2.03. The summed E-state index contributed by atoms with van der Waals surface area (Å²) < 4.78 is 12.3. The van der Waals surface area contributed by atoms with Crippen LogP contribution >= 0.6 is 35.0 Å². The average molecular weight is 266 g/mol. The lowest BCUT2D eigenvalue weighted by atomic mass is 10.3. The number of benzene rings is 1. The van der Waals surface area contributed by atoms with Gasteiger partial charge in [-0.3, -0.25) is 4.79 Å². The Kier molecular flexibility index (Phi) is 3.09. The molecular formula is C9H6Cl2FNOS. The van der Waals surface area contributed by atoms with E-state index in [4.69, 9.17) is 23.2 Å². The van der Waals surface area contributed by atoms with Gasteiger partial charge in [0.1, 0.15) is 5.82 Å². The number of alkyl halides is 1. The predicted octanol–water partition coefficient (Wildman–Crippen LogP) is 3.08. The van der Waals surface area contributed by atoms with E-state index in [2.05, 4.69) is 0 Å². The summed E-state index contributed by atoms with van der Waals surface area (Å²) in [6.45, 7) is 0. The van der Waals surface area contributed by atoms with Crippen molar-refractivity contribution in [3.05, 3.63) is 29.0 Å². The number of amides is 1. The summed E-state index contributed by atoms with van der Waals surface area (Å²) in [5.74, 6) is -0.221. The van der Waals surface area contributed by atoms with Crippen LogP contribution in [0.5, 0.6) is 0 Å². The van der Waals surface area contributed by atoms with Crippen molar-refractivity contribution in [3.63, 3.8) is 0 Å². The zero-order valence-electron chi connectivity index (χ0n) is 7.41. The number of hydrogen-bond donors (Lipinski definition) is 0. The van der Waals surface area contributed by atoms with Crippen LogP contribution in [0.25, 0.3) is 0 Å². The number of thioether (sulfide) groups is 1. The molecular weight excluding hydrogens is 260 g/mol. The van der Waals surface area contributed by atoms with Crippen molar-refractivity contribution in [1.29, 1.82) is 0 Å². The van der Waals surface area contributed by atoms with Gasteiger partial charge in [-0.25, -0.2) is 4.39 Å². The maximum absolute atomic E-state index is 12.9. The Morgan fingerprint density at radius 2 is 2.27 bits per heavy atom. The van der Waals surface area contributed by atoms with Crippen molar-refractivity contribution < 1.29 is 9.18 Å². The average Bonchev–Trinajstić information content (AvgIpc) is 2.53. The number of rotatable bonds is 1. The van der Waals surface area contributed by atoms with E-state index in [1.54, 1.807) is 0 Å². The summed E-state index contributed by atoms with van der Waals surface area (Å²) in [6, 6.07) is 4.16. The van der Waals surface area contributed by atoms with E-state index in [0.717, 1.165) is 0 Å². The smallest absolute Gasteiger partial charge is 0.256 e. The van der Waals surface area contributed by atoms with Gasteiger partial charge in [-0.05, 0) is 18.2 Å². The summed E-state index contributed by atoms with van der Waals surface area (Å²) in [4.78, 5) is 13.0. The Morgan fingerprint density at radius 1 is 1.53 bits per heavy atom. The monoisotopic (exact) mass is 265 g/mol. The quantitative estimate of drug-likeness (QED) is 0.728. The SMILES string of the molecule is O=C1C(Cl)SCN1c1ccc(F)c(Cl)c1. The van der Waals surface area contributed by atoms with Crippen LogP contribution in [0.4, 0.5) is 10.1 Å². The number of hydrogen-bond acceptors (Lipinski definition) is 2.